The van der Waals surface area contributed by atoms with Gasteiger partial charge in [0.05, 0.1) is 19.8 Å². The van der Waals surface area contributed by atoms with Crippen molar-refractivity contribution in [3.63, 3.8) is 0 Å². The summed E-state index contributed by atoms with van der Waals surface area (Å²) in [5.41, 5.74) is 0. The highest BCUT2D eigenvalue weighted by atomic mass is 31.2. The maximum atomic E-state index is 12.8. The number of aliphatic hydroxyl groups excluding tert-OH is 1. The zero-order chi connectivity index (χ0) is 48.4. The Hall–Kier alpha value is -2.56. The van der Waals surface area contributed by atoms with E-state index in [4.69, 9.17) is 23.3 Å². The second-order valence-electron chi connectivity index (χ2n) is 17.7. The van der Waals surface area contributed by atoms with Crippen molar-refractivity contribution < 1.29 is 52.2 Å². The second kappa shape index (κ2) is 48.9. The van der Waals surface area contributed by atoms with Gasteiger partial charge in [-0.15, -0.1) is 0 Å². The molecule has 0 aliphatic heterocycles. The highest BCUT2D eigenvalue weighted by molar-refractivity contribution is 7.47. The zero-order valence-electron chi connectivity index (χ0n) is 42.2. The van der Waals surface area contributed by atoms with Gasteiger partial charge in [0.2, 0.25) is 0 Å². The first-order valence-electron chi connectivity index (χ1n) is 26.5. The molecule has 0 fully saturated rings. The minimum atomic E-state index is -4.75. The van der Waals surface area contributed by atoms with Crippen molar-refractivity contribution in [1.82, 2.24) is 0 Å². The van der Waals surface area contributed by atoms with Gasteiger partial charge in [0.25, 0.3) is 0 Å². The fourth-order valence-corrected chi connectivity index (χ4v) is 7.97. The normalized spacial score (nSPS) is 13.8. The SMILES string of the molecule is CC/C=C\C/C=C\C/C=C\CCCCCC(=O)OC(COC(=O)CCCCCCC/C=C\CCCCCC)COP(=O)(O)OCC(CO)OC(=O)CCCCCCCCCCCCCCC. The van der Waals surface area contributed by atoms with Crippen LogP contribution in [-0.2, 0) is 42.2 Å². The molecule has 0 aromatic carbocycles. The number of allylic oxidation sites excluding steroid dienone is 8. The predicted octanol–water partition coefficient (Wildman–Crippen LogP) is 15.0. The first-order valence-corrected chi connectivity index (χ1v) is 28.0. The van der Waals surface area contributed by atoms with Crippen molar-refractivity contribution in [2.24, 2.45) is 0 Å². The Kier molecular flexibility index (Phi) is 47.0. The van der Waals surface area contributed by atoms with Gasteiger partial charge in [-0.2, -0.15) is 0 Å². The summed E-state index contributed by atoms with van der Waals surface area (Å²) < 4.78 is 39.3. The smallest absolute Gasteiger partial charge is 0.462 e. The Bertz CT molecular complexity index is 1300. The number of aliphatic hydroxyl groups is 1. The van der Waals surface area contributed by atoms with Crippen LogP contribution >= 0.6 is 7.82 Å². The molecule has 0 amide bonds. The molecule has 2 N–H and O–H groups in total. The molecule has 0 rings (SSSR count). The van der Waals surface area contributed by atoms with E-state index in [0.717, 1.165) is 96.3 Å². The van der Waals surface area contributed by atoms with Crippen LogP contribution in [0.5, 0.6) is 0 Å². The topological polar surface area (TPSA) is 155 Å². The third kappa shape index (κ3) is 46.5. The Morgan fingerprint density at radius 1 is 0.439 bits per heavy atom. The van der Waals surface area contributed by atoms with Crippen molar-refractivity contribution >= 4 is 25.7 Å². The first kappa shape index (κ1) is 63.4. The van der Waals surface area contributed by atoms with Gasteiger partial charge >= 0.3 is 25.7 Å². The van der Waals surface area contributed by atoms with Gasteiger partial charge < -0.3 is 24.2 Å². The number of carbonyl (C=O) groups excluding carboxylic acids is 3. The van der Waals surface area contributed by atoms with Gasteiger partial charge in [-0.25, -0.2) is 4.57 Å². The molecular formula is C54H97O11P. The Morgan fingerprint density at radius 3 is 1.26 bits per heavy atom. The highest BCUT2D eigenvalue weighted by Crippen LogP contribution is 2.43. The van der Waals surface area contributed by atoms with Crippen molar-refractivity contribution in [1.29, 1.82) is 0 Å². The molecule has 66 heavy (non-hydrogen) atoms. The van der Waals surface area contributed by atoms with Crippen molar-refractivity contribution in [2.45, 2.75) is 251 Å². The van der Waals surface area contributed by atoms with E-state index in [0.29, 0.717) is 19.3 Å². The molecule has 0 radical (unpaired) electrons. The van der Waals surface area contributed by atoms with Crippen molar-refractivity contribution in [3.05, 3.63) is 48.6 Å². The lowest BCUT2D eigenvalue weighted by molar-refractivity contribution is -0.161. The molecule has 0 aliphatic carbocycles. The van der Waals surface area contributed by atoms with Crippen LogP contribution in [0.2, 0.25) is 0 Å². The number of esters is 3. The molecule has 3 atom stereocenters. The largest absolute Gasteiger partial charge is 0.472 e. The highest BCUT2D eigenvalue weighted by Gasteiger charge is 2.28. The number of carbonyl (C=O) groups is 3. The monoisotopic (exact) mass is 953 g/mol. The molecule has 12 heteroatoms. The quantitative estimate of drug-likeness (QED) is 0.0197. The van der Waals surface area contributed by atoms with E-state index in [2.05, 4.69) is 69.4 Å². The van der Waals surface area contributed by atoms with E-state index in [1.54, 1.807) is 0 Å². The third-order valence-corrected chi connectivity index (χ3v) is 12.2. The summed E-state index contributed by atoms with van der Waals surface area (Å²) in [5.74, 6) is -1.50. The van der Waals surface area contributed by atoms with Gasteiger partial charge in [0.1, 0.15) is 12.7 Å². The van der Waals surface area contributed by atoms with E-state index in [-0.39, 0.29) is 25.9 Å². The van der Waals surface area contributed by atoms with Gasteiger partial charge in [-0.1, -0.05) is 191 Å². The molecular weight excluding hydrogens is 856 g/mol. The Balaban J connectivity index is 4.76. The van der Waals surface area contributed by atoms with Gasteiger partial charge in [-0.05, 0) is 77.0 Å². The summed E-state index contributed by atoms with van der Waals surface area (Å²) in [7, 11) is -4.75. The summed E-state index contributed by atoms with van der Waals surface area (Å²) in [6.07, 6.45) is 49.4. The van der Waals surface area contributed by atoms with Crippen LogP contribution in [0.1, 0.15) is 239 Å². The third-order valence-electron chi connectivity index (χ3n) is 11.2. The molecule has 0 aromatic rings. The van der Waals surface area contributed by atoms with Gasteiger partial charge in [0, 0.05) is 19.3 Å². The molecule has 384 valence electrons. The molecule has 0 heterocycles. The number of phosphoric ester groups is 1. The van der Waals surface area contributed by atoms with Crippen LogP contribution in [0.4, 0.5) is 0 Å². The lowest BCUT2D eigenvalue weighted by Crippen LogP contribution is -2.30. The number of ether oxygens (including phenoxy) is 3. The number of rotatable bonds is 49. The van der Waals surface area contributed by atoms with E-state index < -0.39 is 57.8 Å². The first-order chi connectivity index (χ1) is 32.2. The number of hydrogen-bond acceptors (Lipinski definition) is 10. The summed E-state index contributed by atoms with van der Waals surface area (Å²) >= 11 is 0. The fraction of sp³-hybridized carbons (Fsp3) is 0.796. The van der Waals surface area contributed by atoms with Crippen LogP contribution in [0.3, 0.4) is 0 Å². The van der Waals surface area contributed by atoms with Crippen LogP contribution in [0.25, 0.3) is 0 Å². The number of phosphoric acid groups is 1. The van der Waals surface area contributed by atoms with E-state index in [1.807, 2.05) is 0 Å². The molecule has 0 saturated carbocycles. The van der Waals surface area contributed by atoms with Crippen LogP contribution in [0, 0.1) is 0 Å². The van der Waals surface area contributed by atoms with E-state index >= 15 is 0 Å². The predicted molar refractivity (Wildman–Crippen MR) is 270 cm³/mol. The van der Waals surface area contributed by atoms with Crippen molar-refractivity contribution in [2.75, 3.05) is 26.4 Å². The van der Waals surface area contributed by atoms with E-state index in [1.165, 1.54) is 83.5 Å². The standard InChI is InChI=1S/C54H97O11P/c1-4-7-10-13-16-19-22-25-28-31-34-37-40-43-52(56)61-47-51(65-54(58)45-42-39-36-33-30-27-24-21-18-15-12-9-6-3)49-63-66(59,60)62-48-50(46-55)64-53(57)44-41-38-35-32-29-26-23-20-17-14-11-8-5-2/h9,12,18-19,21-22,27,30,50-51,55H,4-8,10-11,13-17,20,23-26,28-29,31-49H2,1-3H3,(H,59,60)/b12-9-,21-18-,22-19-,30-27-. The lowest BCUT2D eigenvalue weighted by Gasteiger charge is -2.21. The van der Waals surface area contributed by atoms with Crippen LogP contribution < -0.4 is 0 Å². The summed E-state index contributed by atoms with van der Waals surface area (Å²) in [6.45, 7) is 4.47. The maximum Gasteiger partial charge on any atom is 0.472 e. The Morgan fingerprint density at radius 2 is 0.788 bits per heavy atom. The second-order valence-corrected chi connectivity index (χ2v) is 19.1. The summed E-state index contributed by atoms with van der Waals surface area (Å²) in [6, 6.07) is 0. The van der Waals surface area contributed by atoms with Crippen LogP contribution in [-0.4, -0.2) is 66.5 Å². The minimum Gasteiger partial charge on any atom is -0.462 e. The molecule has 0 bridgehead atoms. The van der Waals surface area contributed by atoms with Gasteiger partial charge in [-0.3, -0.25) is 23.4 Å². The summed E-state index contributed by atoms with van der Waals surface area (Å²) in [5, 5.41) is 9.77. The molecule has 3 unspecified atom stereocenters. The molecule has 0 aromatic heterocycles. The average molecular weight is 953 g/mol. The van der Waals surface area contributed by atoms with Crippen LogP contribution in [0.15, 0.2) is 48.6 Å². The van der Waals surface area contributed by atoms with E-state index in [9.17, 15) is 28.9 Å². The van der Waals surface area contributed by atoms with Crippen molar-refractivity contribution in [3.8, 4) is 0 Å². The number of unbranched alkanes of at least 4 members (excludes halogenated alkanes) is 24. The molecule has 0 saturated heterocycles. The zero-order valence-corrected chi connectivity index (χ0v) is 43.1. The molecule has 0 spiro atoms. The Labute approximate surface area is 403 Å². The minimum absolute atomic E-state index is 0.132. The maximum absolute atomic E-state index is 12.8. The average Bonchev–Trinajstić information content (AvgIpc) is 3.30. The molecule has 11 nitrogen and oxygen atoms in total. The van der Waals surface area contributed by atoms with Gasteiger partial charge in [0.15, 0.2) is 6.10 Å². The number of hydrogen-bond donors (Lipinski definition) is 2. The summed E-state index contributed by atoms with van der Waals surface area (Å²) in [4.78, 5) is 48.3. The molecule has 0 aliphatic rings. The fourth-order valence-electron chi connectivity index (χ4n) is 7.19. The lowest BCUT2D eigenvalue weighted by atomic mass is 10.0.